The molecule has 0 spiro atoms. The first-order valence-corrected chi connectivity index (χ1v) is 13.4. The highest BCUT2D eigenvalue weighted by Gasteiger charge is 2.36. The molecular weight excluding hydrogens is 482 g/mol. The third kappa shape index (κ3) is 9.82. The van der Waals surface area contributed by atoms with Gasteiger partial charge in [0, 0.05) is 19.5 Å². The first kappa shape index (κ1) is 30.8. The number of carbonyl (C=O) groups is 3. The zero-order valence-electron chi connectivity index (χ0n) is 23.3. The molecule has 0 radical (unpaired) electrons. The molecule has 38 heavy (non-hydrogen) atoms. The summed E-state index contributed by atoms with van der Waals surface area (Å²) in [6.07, 6.45) is 2.29. The lowest BCUT2D eigenvalue weighted by atomic mass is 9.97. The van der Waals surface area contributed by atoms with Crippen molar-refractivity contribution in [2.75, 3.05) is 19.7 Å². The topological polar surface area (TPSA) is 108 Å². The van der Waals surface area contributed by atoms with Crippen molar-refractivity contribution in [2.45, 2.75) is 78.0 Å². The summed E-state index contributed by atoms with van der Waals surface area (Å²) in [5, 5.41) is 15.6. The molecule has 0 saturated heterocycles. The molecule has 0 saturated carbocycles. The average molecular weight is 526 g/mol. The number of aliphatic hydroxyl groups excluding tert-OH is 1. The van der Waals surface area contributed by atoms with Gasteiger partial charge < -0.3 is 25.4 Å². The number of alkyl carbamates (subject to hydrolysis) is 1. The van der Waals surface area contributed by atoms with E-state index in [1.807, 2.05) is 61.5 Å². The van der Waals surface area contributed by atoms with Gasteiger partial charge >= 0.3 is 6.09 Å². The second-order valence-electron chi connectivity index (χ2n) is 10.4. The molecule has 8 heteroatoms. The fourth-order valence-corrected chi connectivity index (χ4v) is 4.20. The molecule has 2 unspecified atom stereocenters. The van der Waals surface area contributed by atoms with Gasteiger partial charge in [-0.25, -0.2) is 4.79 Å². The molecule has 8 nitrogen and oxygen atoms in total. The number of nitrogens with one attached hydrogen (secondary N) is 2. The quantitative estimate of drug-likeness (QED) is 0.338. The largest absolute Gasteiger partial charge is 0.444 e. The summed E-state index contributed by atoms with van der Waals surface area (Å²) >= 11 is 0. The van der Waals surface area contributed by atoms with Gasteiger partial charge in [-0.05, 0) is 50.8 Å². The maximum atomic E-state index is 14.1. The Hall–Kier alpha value is -3.39. The average Bonchev–Trinajstić information content (AvgIpc) is 2.86. The number of hydrogen-bond acceptors (Lipinski definition) is 5. The van der Waals surface area contributed by atoms with Crippen LogP contribution in [0.3, 0.4) is 0 Å². The highest BCUT2D eigenvalue weighted by atomic mass is 16.6. The highest BCUT2D eigenvalue weighted by Crippen LogP contribution is 2.26. The van der Waals surface area contributed by atoms with Crippen molar-refractivity contribution in [1.82, 2.24) is 15.5 Å². The predicted molar refractivity (Wildman–Crippen MR) is 149 cm³/mol. The fraction of sp³-hybridized carbons (Fsp3) is 0.500. The molecule has 2 aromatic carbocycles. The Labute approximate surface area is 226 Å². The lowest BCUT2D eigenvalue weighted by Crippen LogP contribution is -2.54. The van der Waals surface area contributed by atoms with Crippen LogP contribution in [0.25, 0.3) is 0 Å². The van der Waals surface area contributed by atoms with Crippen molar-refractivity contribution in [1.29, 1.82) is 0 Å². The Morgan fingerprint density at radius 1 is 1.00 bits per heavy atom. The van der Waals surface area contributed by atoms with Crippen LogP contribution in [0.15, 0.2) is 54.6 Å². The number of carbonyl (C=O) groups excluding carboxylic acids is 3. The van der Waals surface area contributed by atoms with Gasteiger partial charge in [0.1, 0.15) is 17.7 Å². The third-order valence-corrected chi connectivity index (χ3v) is 6.02. The summed E-state index contributed by atoms with van der Waals surface area (Å²) < 4.78 is 5.43. The smallest absolute Gasteiger partial charge is 0.408 e. The van der Waals surface area contributed by atoms with Crippen LogP contribution >= 0.6 is 0 Å². The Bertz CT molecular complexity index is 1040. The first-order valence-electron chi connectivity index (χ1n) is 13.4. The minimum Gasteiger partial charge on any atom is -0.444 e. The van der Waals surface area contributed by atoms with Crippen molar-refractivity contribution < 1.29 is 24.2 Å². The van der Waals surface area contributed by atoms with E-state index in [1.165, 1.54) is 4.90 Å². The number of unbranched alkanes of at least 4 members (excludes halogenated alkanes) is 2. The summed E-state index contributed by atoms with van der Waals surface area (Å²) in [6, 6.07) is 14.7. The van der Waals surface area contributed by atoms with Gasteiger partial charge in [0.25, 0.3) is 0 Å². The van der Waals surface area contributed by atoms with Crippen LogP contribution in [-0.2, 0) is 20.7 Å². The Balaban J connectivity index is 2.46. The van der Waals surface area contributed by atoms with Crippen LogP contribution in [0.5, 0.6) is 0 Å². The fourth-order valence-electron chi connectivity index (χ4n) is 4.20. The predicted octanol–water partition coefficient (Wildman–Crippen LogP) is 4.30. The maximum absolute atomic E-state index is 14.1. The first-order chi connectivity index (χ1) is 18.1. The van der Waals surface area contributed by atoms with Crippen LogP contribution in [0.2, 0.25) is 0 Å². The molecule has 0 aromatic heterocycles. The van der Waals surface area contributed by atoms with E-state index in [4.69, 9.17) is 4.74 Å². The number of amides is 3. The molecule has 0 aliphatic rings. The Kier molecular flexibility index (Phi) is 12.3. The van der Waals surface area contributed by atoms with Crippen LogP contribution in [-0.4, -0.2) is 59.3 Å². The van der Waals surface area contributed by atoms with Crippen molar-refractivity contribution in [2.24, 2.45) is 0 Å². The van der Waals surface area contributed by atoms with Crippen molar-refractivity contribution in [3.05, 3.63) is 71.3 Å². The summed E-state index contributed by atoms with van der Waals surface area (Å²) in [5.41, 5.74) is 1.59. The van der Waals surface area contributed by atoms with E-state index in [0.717, 1.165) is 30.4 Å². The van der Waals surface area contributed by atoms with E-state index in [9.17, 15) is 19.5 Å². The monoisotopic (exact) mass is 525 g/mol. The second-order valence-corrected chi connectivity index (χ2v) is 10.4. The molecule has 3 N–H and O–H groups in total. The minimum atomic E-state index is -1.02. The van der Waals surface area contributed by atoms with Crippen LogP contribution in [0.1, 0.15) is 69.7 Å². The van der Waals surface area contributed by atoms with E-state index < -0.39 is 29.7 Å². The number of nitrogens with zero attached hydrogens (tertiary/aromatic N) is 1. The summed E-state index contributed by atoms with van der Waals surface area (Å²) in [4.78, 5) is 41.8. The van der Waals surface area contributed by atoms with Gasteiger partial charge in [0.05, 0.1) is 6.61 Å². The van der Waals surface area contributed by atoms with Crippen LogP contribution in [0, 0.1) is 6.92 Å². The number of hydrogen-bond donors (Lipinski definition) is 3. The second kappa shape index (κ2) is 15.1. The van der Waals surface area contributed by atoms with E-state index in [1.54, 1.807) is 20.8 Å². The number of aryl methyl sites for hydroxylation is 1. The number of rotatable bonds is 13. The number of benzene rings is 2. The summed E-state index contributed by atoms with van der Waals surface area (Å²) in [5.74, 6) is -0.807. The minimum absolute atomic E-state index is 0.0818. The van der Waals surface area contributed by atoms with E-state index in [0.29, 0.717) is 12.1 Å². The van der Waals surface area contributed by atoms with Gasteiger partial charge in [-0.3, -0.25) is 9.59 Å². The van der Waals surface area contributed by atoms with Crippen LogP contribution < -0.4 is 10.6 Å². The molecule has 0 fully saturated rings. The zero-order valence-corrected chi connectivity index (χ0v) is 23.3. The van der Waals surface area contributed by atoms with Gasteiger partial charge in [0.15, 0.2) is 0 Å². The van der Waals surface area contributed by atoms with E-state index in [-0.39, 0.29) is 25.5 Å². The van der Waals surface area contributed by atoms with Crippen molar-refractivity contribution >= 4 is 17.9 Å². The molecule has 0 bridgehead atoms. The molecule has 2 aromatic rings. The highest BCUT2D eigenvalue weighted by molar-refractivity contribution is 5.92. The van der Waals surface area contributed by atoms with Gasteiger partial charge in [-0.1, -0.05) is 74.4 Å². The molecule has 208 valence electrons. The number of ether oxygens (including phenoxy) is 1. The van der Waals surface area contributed by atoms with Gasteiger partial charge in [-0.15, -0.1) is 0 Å². The Morgan fingerprint density at radius 3 is 2.26 bits per heavy atom. The van der Waals surface area contributed by atoms with E-state index >= 15 is 0 Å². The summed E-state index contributed by atoms with van der Waals surface area (Å²) in [7, 11) is 0. The third-order valence-electron chi connectivity index (χ3n) is 6.02. The Morgan fingerprint density at radius 2 is 1.66 bits per heavy atom. The standard InChI is InChI=1S/C30H43N3O5/c1-6-7-13-18-31-27(35)26(24-17-12-11-14-22(24)2)33(19-20-34)28(36)25(21-23-15-9-8-10-16-23)32-29(37)38-30(3,4)5/h8-12,14-17,25-26,34H,6-7,13,18-21H2,1-5H3,(H,31,35)(H,32,37). The summed E-state index contributed by atoms with van der Waals surface area (Å²) in [6.45, 7) is 9.27. The normalized spacial score (nSPS) is 12.8. The molecule has 0 heterocycles. The molecule has 2 atom stereocenters. The lowest BCUT2D eigenvalue weighted by molar-refractivity contribution is -0.143. The molecule has 0 aliphatic carbocycles. The maximum Gasteiger partial charge on any atom is 0.408 e. The molecule has 3 amide bonds. The zero-order chi connectivity index (χ0) is 28.1. The lowest BCUT2D eigenvalue weighted by Gasteiger charge is -2.34. The van der Waals surface area contributed by atoms with Gasteiger partial charge in [-0.2, -0.15) is 0 Å². The van der Waals surface area contributed by atoms with Crippen LogP contribution in [0.4, 0.5) is 4.79 Å². The van der Waals surface area contributed by atoms with Gasteiger partial charge in [0.2, 0.25) is 11.8 Å². The SMILES string of the molecule is CCCCCNC(=O)C(c1ccccc1C)N(CCO)C(=O)C(Cc1ccccc1)NC(=O)OC(C)(C)C. The van der Waals surface area contributed by atoms with Crippen molar-refractivity contribution in [3.63, 3.8) is 0 Å². The van der Waals surface area contributed by atoms with Crippen molar-refractivity contribution in [3.8, 4) is 0 Å². The molecule has 2 rings (SSSR count). The van der Waals surface area contributed by atoms with E-state index in [2.05, 4.69) is 17.6 Å². The molecular formula is C30H43N3O5. The molecule has 0 aliphatic heterocycles. The number of aliphatic hydroxyl groups is 1.